The van der Waals surface area contributed by atoms with Crippen molar-refractivity contribution < 1.29 is 5.11 Å². The molecule has 0 atom stereocenters. The highest BCUT2D eigenvalue weighted by Crippen LogP contribution is 1.83. The quantitative estimate of drug-likeness (QED) is 0.491. The Morgan fingerprint density at radius 3 is 3.20 bits per heavy atom. The lowest BCUT2D eigenvalue weighted by Gasteiger charge is -1.82. The first-order chi connectivity index (χ1) is 4.93. The molecule has 3 nitrogen and oxygen atoms in total. The van der Waals surface area contributed by atoms with Gasteiger partial charge in [0.25, 0.3) is 0 Å². The Morgan fingerprint density at radius 1 is 1.70 bits per heavy atom. The van der Waals surface area contributed by atoms with E-state index in [1.807, 2.05) is 0 Å². The van der Waals surface area contributed by atoms with Crippen molar-refractivity contribution in [1.82, 2.24) is 9.97 Å². The van der Waals surface area contributed by atoms with Gasteiger partial charge in [-0.25, -0.2) is 9.97 Å². The summed E-state index contributed by atoms with van der Waals surface area (Å²) in [6.45, 7) is -0.152. The van der Waals surface area contributed by atoms with Crippen LogP contribution in [0.2, 0.25) is 0 Å². The van der Waals surface area contributed by atoms with E-state index in [2.05, 4.69) is 28.0 Å². The molecule has 0 aliphatic carbocycles. The summed E-state index contributed by atoms with van der Waals surface area (Å²) in [6.07, 6.45) is 5.44. The molecule has 0 bridgehead atoms. The number of aliphatic hydroxyl groups is 1. The Balaban J connectivity index is 2.76. The molecule has 1 radical (unpaired) electrons. The minimum atomic E-state index is -0.152. The van der Waals surface area contributed by atoms with Crippen LogP contribution in [0.4, 0.5) is 0 Å². The normalized spacial score (nSPS) is 8.10. The highest BCUT2D eigenvalue weighted by Gasteiger charge is 1.82. The second kappa shape index (κ2) is 3.59. The first-order valence-corrected chi connectivity index (χ1v) is 2.71. The van der Waals surface area contributed by atoms with Crippen molar-refractivity contribution in [2.75, 3.05) is 6.61 Å². The van der Waals surface area contributed by atoms with E-state index < -0.39 is 0 Å². The molecule has 0 aliphatic rings. The van der Waals surface area contributed by atoms with Crippen molar-refractivity contribution in [2.24, 2.45) is 0 Å². The monoisotopic (exact) mass is 133 g/mol. The van der Waals surface area contributed by atoms with Crippen LogP contribution >= 0.6 is 0 Å². The van der Waals surface area contributed by atoms with Crippen LogP contribution in [0.3, 0.4) is 0 Å². The number of hydrogen-bond acceptors (Lipinski definition) is 3. The van der Waals surface area contributed by atoms with Gasteiger partial charge in [0.05, 0.1) is 12.4 Å². The summed E-state index contributed by atoms with van der Waals surface area (Å²) >= 11 is 0. The van der Waals surface area contributed by atoms with Crippen LogP contribution in [0, 0.1) is 18.0 Å². The molecule has 0 saturated heterocycles. The van der Waals surface area contributed by atoms with Gasteiger partial charge in [0, 0.05) is 0 Å². The molecule has 1 aromatic rings. The fourth-order valence-electron chi connectivity index (χ4n) is 0.458. The fraction of sp³-hybridized carbons (Fsp3) is 0.143. The maximum Gasteiger partial charge on any atom is 0.131 e. The molecule has 0 aromatic carbocycles. The van der Waals surface area contributed by atoms with E-state index in [0.717, 1.165) is 0 Å². The standard InChI is InChI=1S/C7H5N2O/c10-5-1-2-7-6-8-3-4-9-7/h4,6,10H,5H2. The zero-order valence-electron chi connectivity index (χ0n) is 5.20. The summed E-state index contributed by atoms with van der Waals surface area (Å²) in [5.74, 6) is 5.05. The third kappa shape index (κ3) is 1.84. The SMILES string of the molecule is OCC#Cc1cn[c]cn1. The van der Waals surface area contributed by atoms with E-state index >= 15 is 0 Å². The van der Waals surface area contributed by atoms with Crippen molar-refractivity contribution >= 4 is 0 Å². The summed E-state index contributed by atoms with van der Waals surface area (Å²) in [7, 11) is 0. The average molecular weight is 133 g/mol. The largest absolute Gasteiger partial charge is 0.384 e. The highest BCUT2D eigenvalue weighted by molar-refractivity contribution is 5.23. The van der Waals surface area contributed by atoms with Gasteiger partial charge >= 0.3 is 0 Å². The van der Waals surface area contributed by atoms with Gasteiger partial charge in [-0.1, -0.05) is 5.92 Å². The molecular weight excluding hydrogens is 128 g/mol. The Hall–Kier alpha value is -1.40. The van der Waals surface area contributed by atoms with Crippen LogP contribution in [-0.4, -0.2) is 21.7 Å². The molecule has 1 aromatic heterocycles. The van der Waals surface area contributed by atoms with Crippen molar-refractivity contribution in [3.63, 3.8) is 0 Å². The molecule has 10 heavy (non-hydrogen) atoms. The lowest BCUT2D eigenvalue weighted by Crippen LogP contribution is -1.82. The van der Waals surface area contributed by atoms with E-state index in [0.29, 0.717) is 5.69 Å². The summed E-state index contributed by atoms with van der Waals surface area (Å²) < 4.78 is 0. The smallest absolute Gasteiger partial charge is 0.131 e. The van der Waals surface area contributed by atoms with Gasteiger partial charge in [-0.05, 0) is 5.92 Å². The zero-order valence-corrected chi connectivity index (χ0v) is 5.20. The van der Waals surface area contributed by atoms with E-state index in [1.54, 1.807) is 0 Å². The first kappa shape index (κ1) is 6.72. The molecule has 0 aliphatic heterocycles. The molecule has 3 heteroatoms. The highest BCUT2D eigenvalue weighted by atomic mass is 16.2. The minimum Gasteiger partial charge on any atom is -0.384 e. The molecule has 0 unspecified atom stereocenters. The van der Waals surface area contributed by atoms with Gasteiger partial charge in [-0.3, -0.25) is 0 Å². The second-order valence-electron chi connectivity index (χ2n) is 1.49. The lowest BCUT2D eigenvalue weighted by atomic mass is 10.4. The Bertz CT molecular complexity index is 247. The van der Waals surface area contributed by atoms with Crippen LogP contribution in [0.1, 0.15) is 5.69 Å². The zero-order chi connectivity index (χ0) is 7.23. The van der Waals surface area contributed by atoms with Crippen LogP contribution in [0.25, 0.3) is 0 Å². The van der Waals surface area contributed by atoms with Gasteiger partial charge < -0.3 is 5.11 Å². The number of nitrogens with zero attached hydrogens (tertiary/aromatic N) is 2. The average Bonchev–Trinajstić information content (AvgIpc) is 2.03. The molecule has 0 saturated carbocycles. The topological polar surface area (TPSA) is 46.0 Å². The summed E-state index contributed by atoms with van der Waals surface area (Å²) in [5, 5.41) is 8.30. The van der Waals surface area contributed by atoms with Gasteiger partial charge in [-0.15, -0.1) is 0 Å². The molecule has 0 amide bonds. The summed E-state index contributed by atoms with van der Waals surface area (Å²) in [6, 6.07) is 0. The van der Waals surface area contributed by atoms with Crippen LogP contribution in [0.5, 0.6) is 0 Å². The Morgan fingerprint density at radius 2 is 2.60 bits per heavy atom. The summed E-state index contributed by atoms with van der Waals surface area (Å²) in [4.78, 5) is 7.48. The lowest BCUT2D eigenvalue weighted by molar-refractivity contribution is 0.350. The molecular formula is C7H5N2O. The second-order valence-corrected chi connectivity index (χ2v) is 1.49. The molecule has 1 rings (SSSR count). The number of aliphatic hydroxyl groups excluding tert-OH is 1. The van der Waals surface area contributed by atoms with Crippen molar-refractivity contribution in [2.45, 2.75) is 0 Å². The third-order valence-corrected chi connectivity index (χ3v) is 0.818. The number of aromatic nitrogens is 2. The predicted octanol–water partition coefficient (Wildman–Crippen LogP) is -0.379. The van der Waals surface area contributed by atoms with Gasteiger partial charge in [0.15, 0.2) is 0 Å². The Labute approximate surface area is 58.8 Å². The first-order valence-electron chi connectivity index (χ1n) is 2.71. The van der Waals surface area contributed by atoms with Gasteiger partial charge in [0.2, 0.25) is 0 Å². The van der Waals surface area contributed by atoms with Crippen LogP contribution in [-0.2, 0) is 0 Å². The van der Waals surface area contributed by atoms with E-state index in [1.165, 1.54) is 12.4 Å². The molecule has 0 fully saturated rings. The number of hydrogen-bond donors (Lipinski definition) is 1. The summed E-state index contributed by atoms with van der Waals surface area (Å²) in [5.41, 5.74) is 0.549. The van der Waals surface area contributed by atoms with Crippen LogP contribution in [0.15, 0.2) is 12.4 Å². The maximum atomic E-state index is 8.30. The van der Waals surface area contributed by atoms with E-state index in [-0.39, 0.29) is 6.61 Å². The van der Waals surface area contributed by atoms with Crippen molar-refractivity contribution in [1.29, 1.82) is 0 Å². The Kier molecular flexibility index (Phi) is 2.41. The minimum absolute atomic E-state index is 0.152. The van der Waals surface area contributed by atoms with Crippen molar-refractivity contribution in [3.8, 4) is 11.8 Å². The fourth-order valence-corrected chi connectivity index (χ4v) is 0.458. The van der Waals surface area contributed by atoms with E-state index in [4.69, 9.17) is 5.11 Å². The third-order valence-electron chi connectivity index (χ3n) is 0.818. The van der Waals surface area contributed by atoms with Gasteiger partial charge in [0.1, 0.15) is 18.5 Å². The molecule has 1 heterocycles. The van der Waals surface area contributed by atoms with Crippen LogP contribution < -0.4 is 0 Å². The predicted molar refractivity (Wildman–Crippen MR) is 34.8 cm³/mol. The molecule has 1 N–H and O–H groups in total. The van der Waals surface area contributed by atoms with Crippen molar-refractivity contribution in [3.05, 3.63) is 24.3 Å². The molecule has 49 valence electrons. The number of rotatable bonds is 0. The van der Waals surface area contributed by atoms with E-state index in [9.17, 15) is 0 Å². The maximum absolute atomic E-state index is 8.30. The van der Waals surface area contributed by atoms with Gasteiger partial charge in [-0.2, -0.15) is 0 Å². The molecule has 0 spiro atoms.